The number of nitrogens with zero attached hydrogens (tertiary/aromatic N) is 2. The van der Waals surface area contributed by atoms with E-state index in [1.54, 1.807) is 12.1 Å². The highest BCUT2D eigenvalue weighted by molar-refractivity contribution is 5.99. The molecule has 4 aromatic rings. The fourth-order valence-corrected chi connectivity index (χ4v) is 3.53. The van der Waals surface area contributed by atoms with Gasteiger partial charge in [0.15, 0.2) is 0 Å². The van der Waals surface area contributed by atoms with E-state index >= 15 is 0 Å². The van der Waals surface area contributed by atoms with Crippen LogP contribution < -0.4 is 0 Å². The summed E-state index contributed by atoms with van der Waals surface area (Å²) in [7, 11) is 0. The van der Waals surface area contributed by atoms with Gasteiger partial charge in [0.25, 0.3) is 0 Å². The highest BCUT2D eigenvalue weighted by Crippen LogP contribution is 2.37. The molecule has 2 aromatic carbocycles. The fraction of sp³-hybridized carbons (Fsp3) is 0.190. The minimum Gasteiger partial charge on any atom is -0.478 e. The van der Waals surface area contributed by atoms with E-state index in [1.165, 1.54) is 0 Å². The first-order valence-electron chi connectivity index (χ1n) is 8.63. The van der Waals surface area contributed by atoms with Crippen molar-refractivity contribution in [3.8, 4) is 22.3 Å². The van der Waals surface area contributed by atoms with Crippen molar-refractivity contribution in [3.63, 3.8) is 0 Å². The van der Waals surface area contributed by atoms with Crippen LogP contribution in [-0.4, -0.2) is 26.2 Å². The predicted molar refractivity (Wildman–Crippen MR) is 103 cm³/mol. The zero-order valence-electron chi connectivity index (χ0n) is 15.5. The Bertz CT molecular complexity index is 1180. The van der Waals surface area contributed by atoms with Crippen molar-refractivity contribution in [1.82, 2.24) is 15.1 Å². The third kappa shape index (κ3) is 2.79. The average Bonchev–Trinajstić information content (AvgIpc) is 3.15. The lowest BCUT2D eigenvalue weighted by Gasteiger charge is -2.11. The topological polar surface area (TPSA) is 92.0 Å². The van der Waals surface area contributed by atoms with Gasteiger partial charge in [-0.2, -0.15) is 0 Å². The maximum Gasteiger partial charge on any atom is 0.335 e. The number of carbonyl (C=O) groups is 1. The molecule has 0 bridgehead atoms. The summed E-state index contributed by atoms with van der Waals surface area (Å²) in [5, 5.41) is 13.5. The number of aromatic nitrogens is 3. The molecule has 0 aliphatic rings. The number of carboxylic acids is 1. The second kappa shape index (κ2) is 6.09. The van der Waals surface area contributed by atoms with Gasteiger partial charge in [-0.15, -0.1) is 0 Å². The zero-order valence-corrected chi connectivity index (χ0v) is 15.5. The summed E-state index contributed by atoms with van der Waals surface area (Å²) in [4.78, 5) is 19.4. The molecule has 0 fully saturated rings. The number of aromatic carboxylic acids is 1. The van der Waals surface area contributed by atoms with E-state index < -0.39 is 5.97 Å². The van der Waals surface area contributed by atoms with Gasteiger partial charge in [-0.25, -0.2) is 9.78 Å². The Kier molecular flexibility index (Phi) is 3.84. The Labute approximate surface area is 155 Å². The van der Waals surface area contributed by atoms with E-state index in [9.17, 15) is 9.90 Å². The maximum absolute atomic E-state index is 11.5. The lowest BCUT2D eigenvalue weighted by molar-refractivity contribution is 0.0697. The van der Waals surface area contributed by atoms with Gasteiger partial charge in [0.2, 0.25) is 0 Å². The smallest absolute Gasteiger partial charge is 0.335 e. The number of carboxylic acid groups (broad SMARTS) is 1. The van der Waals surface area contributed by atoms with Crippen molar-refractivity contribution in [2.24, 2.45) is 0 Å². The van der Waals surface area contributed by atoms with Gasteiger partial charge < -0.3 is 14.6 Å². The summed E-state index contributed by atoms with van der Waals surface area (Å²) in [5.41, 5.74) is 7.37. The fourth-order valence-electron chi connectivity index (χ4n) is 3.53. The maximum atomic E-state index is 11.5. The Morgan fingerprint density at radius 2 is 1.85 bits per heavy atom. The Hall–Kier alpha value is -3.41. The van der Waals surface area contributed by atoms with Crippen molar-refractivity contribution in [1.29, 1.82) is 0 Å². The van der Waals surface area contributed by atoms with Crippen LogP contribution in [0.5, 0.6) is 0 Å². The minimum atomic E-state index is -0.951. The molecule has 6 heteroatoms. The van der Waals surface area contributed by atoms with Crippen LogP contribution in [0.15, 0.2) is 34.9 Å². The first-order chi connectivity index (χ1) is 12.8. The second-order valence-electron chi connectivity index (χ2n) is 6.78. The van der Waals surface area contributed by atoms with Crippen LogP contribution in [-0.2, 0) is 0 Å². The van der Waals surface area contributed by atoms with Crippen molar-refractivity contribution in [2.75, 3.05) is 0 Å². The second-order valence-corrected chi connectivity index (χ2v) is 6.78. The van der Waals surface area contributed by atoms with Crippen LogP contribution in [0.3, 0.4) is 0 Å². The largest absolute Gasteiger partial charge is 0.478 e. The van der Waals surface area contributed by atoms with Gasteiger partial charge in [-0.3, -0.25) is 0 Å². The van der Waals surface area contributed by atoms with E-state index in [4.69, 9.17) is 4.52 Å². The molecule has 6 nitrogen and oxygen atoms in total. The van der Waals surface area contributed by atoms with E-state index in [2.05, 4.69) is 15.1 Å². The van der Waals surface area contributed by atoms with Gasteiger partial charge in [0.05, 0.1) is 22.3 Å². The van der Waals surface area contributed by atoms with Gasteiger partial charge in [0.1, 0.15) is 11.6 Å². The molecule has 0 saturated carbocycles. The Balaban J connectivity index is 2.06. The van der Waals surface area contributed by atoms with Gasteiger partial charge in [-0.1, -0.05) is 11.2 Å². The van der Waals surface area contributed by atoms with Gasteiger partial charge in [-0.05, 0) is 68.7 Å². The van der Waals surface area contributed by atoms with Crippen molar-refractivity contribution in [3.05, 3.63) is 58.7 Å². The summed E-state index contributed by atoms with van der Waals surface area (Å²) in [6, 6.07) is 9.21. The molecule has 2 N–H and O–H groups in total. The van der Waals surface area contributed by atoms with E-state index in [-0.39, 0.29) is 5.56 Å². The minimum absolute atomic E-state index is 0.249. The van der Waals surface area contributed by atoms with Crippen molar-refractivity contribution in [2.45, 2.75) is 27.7 Å². The molecule has 0 spiro atoms. The SMILES string of the molecule is Cc1nc2c(-c3cc(C(=O)O)ccc3C)cc(-c3c(C)noc3C)cc2[nH]1. The van der Waals surface area contributed by atoms with E-state index in [0.29, 0.717) is 0 Å². The first-order valence-corrected chi connectivity index (χ1v) is 8.63. The van der Waals surface area contributed by atoms with Gasteiger partial charge in [0, 0.05) is 11.1 Å². The lowest BCUT2D eigenvalue weighted by Crippen LogP contribution is -1.98. The highest BCUT2D eigenvalue weighted by Gasteiger charge is 2.18. The normalized spacial score (nSPS) is 11.3. The van der Waals surface area contributed by atoms with Crippen molar-refractivity contribution >= 4 is 17.0 Å². The molecule has 0 unspecified atom stereocenters. The average molecular weight is 361 g/mol. The van der Waals surface area contributed by atoms with E-state index in [1.807, 2.05) is 45.9 Å². The van der Waals surface area contributed by atoms with Crippen LogP contribution in [0.1, 0.15) is 33.2 Å². The number of hydrogen-bond donors (Lipinski definition) is 2. The number of aryl methyl sites for hydroxylation is 4. The lowest BCUT2D eigenvalue weighted by atomic mass is 9.93. The molecule has 0 radical (unpaired) electrons. The molecule has 27 heavy (non-hydrogen) atoms. The third-order valence-corrected chi connectivity index (χ3v) is 4.80. The molecule has 0 atom stereocenters. The summed E-state index contributed by atoms with van der Waals surface area (Å²) in [6.07, 6.45) is 0. The molecule has 2 aromatic heterocycles. The number of H-pyrrole nitrogens is 1. The number of imidazole rings is 1. The number of fused-ring (bicyclic) bond motifs is 1. The summed E-state index contributed by atoms with van der Waals surface area (Å²) < 4.78 is 5.33. The van der Waals surface area contributed by atoms with Crippen molar-refractivity contribution < 1.29 is 14.4 Å². The van der Waals surface area contributed by atoms with Crippen LogP contribution in [0, 0.1) is 27.7 Å². The van der Waals surface area contributed by atoms with E-state index in [0.717, 1.165) is 56.1 Å². The Morgan fingerprint density at radius 3 is 2.52 bits per heavy atom. The monoisotopic (exact) mass is 361 g/mol. The molecular weight excluding hydrogens is 342 g/mol. The number of rotatable bonds is 3. The van der Waals surface area contributed by atoms with Crippen LogP contribution in [0.4, 0.5) is 0 Å². The molecule has 4 rings (SSSR count). The molecule has 0 amide bonds. The molecule has 0 aliphatic heterocycles. The summed E-state index contributed by atoms with van der Waals surface area (Å²) in [5.74, 6) is 0.590. The molecule has 0 saturated heterocycles. The van der Waals surface area contributed by atoms with Crippen LogP contribution in [0.25, 0.3) is 33.3 Å². The molecule has 0 aliphatic carbocycles. The number of nitrogens with one attached hydrogen (secondary N) is 1. The number of benzene rings is 2. The molecular formula is C21H19N3O3. The standard InChI is InChI=1S/C21H19N3O3/c1-10-5-6-14(21(25)26)7-16(10)17-8-15(19-11(2)24-27-12(19)3)9-18-20(17)23-13(4)22-18/h5-9H,1-4H3,(H,22,23)(H,25,26). The first kappa shape index (κ1) is 17.0. The van der Waals surface area contributed by atoms with Crippen LogP contribution >= 0.6 is 0 Å². The number of hydrogen-bond acceptors (Lipinski definition) is 4. The summed E-state index contributed by atoms with van der Waals surface area (Å²) >= 11 is 0. The number of aromatic amines is 1. The third-order valence-electron chi connectivity index (χ3n) is 4.80. The zero-order chi connectivity index (χ0) is 19.3. The van der Waals surface area contributed by atoms with Gasteiger partial charge >= 0.3 is 5.97 Å². The summed E-state index contributed by atoms with van der Waals surface area (Å²) in [6.45, 7) is 7.66. The quantitative estimate of drug-likeness (QED) is 0.546. The predicted octanol–water partition coefficient (Wildman–Crippen LogP) is 4.82. The molecule has 2 heterocycles. The highest BCUT2D eigenvalue weighted by atomic mass is 16.5. The Morgan fingerprint density at radius 1 is 1.07 bits per heavy atom. The molecule has 136 valence electrons. The van der Waals surface area contributed by atoms with Crippen LogP contribution in [0.2, 0.25) is 0 Å².